The fourth-order valence-electron chi connectivity index (χ4n) is 6.07. The van der Waals surface area contributed by atoms with Gasteiger partial charge in [0.25, 0.3) is 0 Å². The van der Waals surface area contributed by atoms with Crippen LogP contribution in [0.25, 0.3) is 0 Å². The molecule has 0 fully saturated rings. The zero-order valence-corrected chi connectivity index (χ0v) is 24.4. The van der Waals surface area contributed by atoms with E-state index in [1.807, 2.05) is 48.5 Å². The van der Waals surface area contributed by atoms with Gasteiger partial charge in [0.05, 0.1) is 10.8 Å². The van der Waals surface area contributed by atoms with Crippen LogP contribution < -0.4 is 4.74 Å². The van der Waals surface area contributed by atoms with Crippen molar-refractivity contribution in [2.45, 2.75) is 64.6 Å². The molecule has 4 aromatic rings. The van der Waals surface area contributed by atoms with E-state index in [0.717, 1.165) is 37.5 Å². The molecule has 1 aliphatic carbocycles. The Kier molecular flexibility index (Phi) is 9.45. The largest absolute Gasteiger partial charge is 0.482 e. The van der Waals surface area contributed by atoms with Crippen LogP contribution in [0.3, 0.4) is 0 Å². The van der Waals surface area contributed by atoms with Crippen LogP contribution >= 0.6 is 0 Å². The number of nitro benzene ring substituents is 1. The summed E-state index contributed by atoms with van der Waals surface area (Å²) in [5.74, 6) is -0.320. The summed E-state index contributed by atoms with van der Waals surface area (Å²) in [4.78, 5) is 26.5. The van der Waals surface area contributed by atoms with Gasteiger partial charge in [-0.05, 0) is 70.7 Å². The van der Waals surface area contributed by atoms with Gasteiger partial charge in [-0.2, -0.15) is 0 Å². The van der Waals surface area contributed by atoms with Gasteiger partial charge in [0.2, 0.25) is 0 Å². The summed E-state index contributed by atoms with van der Waals surface area (Å²) in [5.41, 5.74) is 8.22. The lowest BCUT2D eigenvalue weighted by Gasteiger charge is -2.31. The third-order valence-corrected chi connectivity index (χ3v) is 8.38. The summed E-state index contributed by atoms with van der Waals surface area (Å²) < 4.78 is 5.83. The van der Waals surface area contributed by atoms with E-state index in [-0.39, 0.29) is 24.1 Å². The average molecular weight is 563 g/mol. The van der Waals surface area contributed by atoms with Crippen LogP contribution in [0, 0.1) is 10.1 Å². The van der Waals surface area contributed by atoms with Crippen molar-refractivity contribution in [3.63, 3.8) is 0 Å². The van der Waals surface area contributed by atoms with Crippen LogP contribution in [0.15, 0.2) is 91.0 Å². The maximum absolute atomic E-state index is 12.5. The smallest absolute Gasteiger partial charge is 0.311 e. The minimum Gasteiger partial charge on any atom is -0.482 e. The lowest BCUT2D eigenvalue weighted by atomic mass is 9.97. The molecular formula is C36H38N2O4. The zero-order chi connectivity index (χ0) is 29.5. The summed E-state index contributed by atoms with van der Waals surface area (Å²) in [6.07, 6.45) is 4.82. The average Bonchev–Trinajstić information content (AvgIpc) is 3.45. The fourth-order valence-corrected chi connectivity index (χ4v) is 6.07. The number of rotatable bonds is 13. The lowest BCUT2D eigenvalue weighted by molar-refractivity contribution is -0.386. The van der Waals surface area contributed by atoms with Crippen molar-refractivity contribution in [1.82, 2.24) is 4.90 Å². The number of carbonyl (C=O) groups excluding carboxylic acids is 1. The second-order valence-electron chi connectivity index (χ2n) is 11.1. The van der Waals surface area contributed by atoms with Crippen LogP contribution in [-0.4, -0.2) is 28.7 Å². The topological polar surface area (TPSA) is 72.7 Å². The van der Waals surface area contributed by atoms with E-state index < -0.39 is 10.8 Å². The van der Waals surface area contributed by atoms with E-state index in [1.165, 1.54) is 33.9 Å². The predicted molar refractivity (Wildman–Crippen MR) is 166 cm³/mol. The van der Waals surface area contributed by atoms with Crippen molar-refractivity contribution < 1.29 is 14.5 Å². The van der Waals surface area contributed by atoms with Crippen LogP contribution in [0.4, 0.5) is 5.69 Å². The molecule has 0 aromatic heterocycles. The van der Waals surface area contributed by atoms with Gasteiger partial charge in [-0.3, -0.25) is 15.0 Å². The second kappa shape index (κ2) is 13.6. The van der Waals surface area contributed by atoms with Gasteiger partial charge in [0.15, 0.2) is 5.75 Å². The van der Waals surface area contributed by atoms with E-state index in [0.29, 0.717) is 18.7 Å². The van der Waals surface area contributed by atoms with E-state index >= 15 is 0 Å². The molecule has 0 heterocycles. The van der Waals surface area contributed by atoms with Crippen molar-refractivity contribution in [1.29, 1.82) is 0 Å². The molecule has 42 heavy (non-hydrogen) atoms. The van der Waals surface area contributed by atoms with Gasteiger partial charge < -0.3 is 9.53 Å². The van der Waals surface area contributed by atoms with Crippen molar-refractivity contribution in [2.24, 2.45) is 0 Å². The van der Waals surface area contributed by atoms with Crippen LogP contribution in [0.5, 0.6) is 5.75 Å². The molecule has 6 heteroatoms. The van der Waals surface area contributed by atoms with Gasteiger partial charge in [-0.25, -0.2) is 0 Å². The maximum atomic E-state index is 12.5. The Hall–Kier alpha value is -4.29. The number of nitrogens with zero attached hydrogens (tertiary/aromatic N) is 2. The van der Waals surface area contributed by atoms with Crippen molar-refractivity contribution >= 4 is 12.0 Å². The van der Waals surface area contributed by atoms with Crippen molar-refractivity contribution in [3.8, 4) is 5.75 Å². The minimum atomic E-state index is -0.517. The third-order valence-electron chi connectivity index (χ3n) is 8.38. The quantitative estimate of drug-likeness (QED) is 0.0975. The molecule has 0 spiro atoms. The van der Waals surface area contributed by atoms with Crippen molar-refractivity contribution in [2.75, 3.05) is 6.54 Å². The molecule has 4 aromatic carbocycles. The first-order chi connectivity index (χ1) is 20.5. The first-order valence-electron chi connectivity index (χ1n) is 14.8. The number of aryl methyl sites for hydroxylation is 2. The number of ether oxygens (including phenoxy) is 1. The molecule has 1 atom stereocenters. The molecule has 5 rings (SSSR count). The number of hydrogen-bond donors (Lipinski definition) is 0. The van der Waals surface area contributed by atoms with Crippen LogP contribution in [0.1, 0.15) is 58.7 Å². The summed E-state index contributed by atoms with van der Waals surface area (Å²) in [6.45, 7) is 5.82. The lowest BCUT2D eigenvalue weighted by Crippen LogP contribution is -2.38. The zero-order valence-electron chi connectivity index (χ0n) is 24.4. The number of nitro groups is 1. The Morgan fingerprint density at radius 2 is 1.48 bits per heavy atom. The molecule has 1 aliphatic rings. The van der Waals surface area contributed by atoms with Gasteiger partial charge in [0.1, 0.15) is 12.9 Å². The molecule has 0 bridgehead atoms. The van der Waals surface area contributed by atoms with Gasteiger partial charge in [-0.15, -0.1) is 0 Å². The molecular weight excluding hydrogens is 524 g/mol. The Bertz CT molecular complexity index is 1490. The Balaban J connectivity index is 1.40. The number of aldehydes is 1. The van der Waals surface area contributed by atoms with Crippen LogP contribution in [0.2, 0.25) is 0 Å². The van der Waals surface area contributed by atoms with E-state index in [2.05, 4.69) is 43.0 Å². The second-order valence-corrected chi connectivity index (χ2v) is 11.1. The third kappa shape index (κ3) is 6.77. The first kappa shape index (κ1) is 29.2. The molecule has 0 saturated heterocycles. The normalized spacial score (nSPS) is 13.6. The van der Waals surface area contributed by atoms with Crippen molar-refractivity contribution in [3.05, 3.63) is 140 Å². The van der Waals surface area contributed by atoms with Gasteiger partial charge in [-0.1, -0.05) is 92.7 Å². The highest BCUT2D eigenvalue weighted by molar-refractivity contribution is 5.65. The van der Waals surface area contributed by atoms with E-state index in [9.17, 15) is 14.9 Å². The molecule has 6 nitrogen and oxygen atoms in total. The number of benzene rings is 4. The first-order valence-corrected chi connectivity index (χ1v) is 14.8. The molecule has 0 radical (unpaired) electrons. The van der Waals surface area contributed by atoms with E-state index in [1.54, 1.807) is 12.1 Å². The number of carbonyl (C=O) groups is 1. The number of fused-ring (bicyclic) bond motifs is 1. The van der Waals surface area contributed by atoms with E-state index in [4.69, 9.17) is 4.74 Å². The monoisotopic (exact) mass is 562 g/mol. The van der Waals surface area contributed by atoms with Crippen LogP contribution in [-0.2, 0) is 43.6 Å². The fraction of sp³-hybridized carbons (Fsp3) is 0.306. The highest BCUT2D eigenvalue weighted by atomic mass is 16.6. The molecule has 0 N–H and O–H groups in total. The summed E-state index contributed by atoms with van der Waals surface area (Å²) in [7, 11) is 0. The Morgan fingerprint density at radius 1 is 0.881 bits per heavy atom. The van der Waals surface area contributed by atoms with Gasteiger partial charge >= 0.3 is 5.69 Å². The molecule has 1 unspecified atom stereocenters. The SMILES string of the molecule is CCc1cc2c(cc1CC)CC(N(Cc1ccccc1)CC(C=O)c1ccc(OCc3ccccc3)c([N+](=O)[O-])c1)C2. The highest BCUT2D eigenvalue weighted by Gasteiger charge is 2.30. The predicted octanol–water partition coefficient (Wildman–Crippen LogP) is 7.25. The highest BCUT2D eigenvalue weighted by Crippen LogP contribution is 2.34. The Morgan fingerprint density at radius 3 is 2.02 bits per heavy atom. The Labute approximate surface area is 248 Å². The molecule has 0 saturated carbocycles. The summed E-state index contributed by atoms with van der Waals surface area (Å²) in [5, 5.41) is 12.0. The molecule has 0 amide bonds. The maximum Gasteiger partial charge on any atom is 0.311 e. The standard InChI is InChI=1S/C36H38N2O4/c1-3-28-17-31-19-34(20-32(31)18-29(28)4-2)37(22-26-11-7-5-8-12-26)23-33(24-39)30-15-16-36(35(21-30)38(40)41)42-25-27-13-9-6-10-14-27/h5-18,21,24,33-34H,3-4,19-20,22-23,25H2,1-2H3. The minimum absolute atomic E-state index is 0.127. The number of hydrogen-bond acceptors (Lipinski definition) is 5. The molecule has 216 valence electrons. The summed E-state index contributed by atoms with van der Waals surface area (Å²) in [6, 6.07) is 29.8. The molecule has 0 aliphatic heterocycles. The summed E-state index contributed by atoms with van der Waals surface area (Å²) >= 11 is 0. The van der Waals surface area contributed by atoms with Gasteiger partial charge in [0, 0.05) is 25.2 Å².